The standard InChI is InChI=1S/C10H12FN5/c1-2-5-16-10(13-14-15-16)8-4-3-7(11)6-9(8)12/h3-4,6H,2,5,12H2,1H3. The van der Waals surface area contributed by atoms with Crippen molar-refractivity contribution in [2.45, 2.75) is 19.9 Å². The molecule has 1 heterocycles. The van der Waals surface area contributed by atoms with E-state index in [0.29, 0.717) is 23.6 Å². The molecule has 16 heavy (non-hydrogen) atoms. The van der Waals surface area contributed by atoms with E-state index in [1.54, 1.807) is 10.7 Å². The minimum Gasteiger partial charge on any atom is -0.398 e. The number of nitrogens with zero attached hydrogens (tertiary/aromatic N) is 4. The number of nitrogens with two attached hydrogens (primary N) is 1. The van der Waals surface area contributed by atoms with Gasteiger partial charge in [-0.1, -0.05) is 6.92 Å². The summed E-state index contributed by atoms with van der Waals surface area (Å²) in [5, 5.41) is 11.3. The summed E-state index contributed by atoms with van der Waals surface area (Å²) in [6.07, 6.45) is 0.916. The normalized spacial score (nSPS) is 10.6. The highest BCUT2D eigenvalue weighted by atomic mass is 19.1. The highest BCUT2D eigenvalue weighted by Crippen LogP contribution is 2.23. The molecule has 2 rings (SSSR count). The maximum absolute atomic E-state index is 12.9. The number of halogens is 1. The Hall–Kier alpha value is -1.98. The third-order valence-electron chi connectivity index (χ3n) is 2.22. The van der Waals surface area contributed by atoms with Crippen LogP contribution in [0.2, 0.25) is 0 Å². The number of rotatable bonds is 3. The molecule has 84 valence electrons. The maximum atomic E-state index is 12.9. The van der Waals surface area contributed by atoms with Crippen LogP contribution in [-0.4, -0.2) is 20.2 Å². The molecule has 0 amide bonds. The molecular weight excluding hydrogens is 209 g/mol. The minimum atomic E-state index is -0.365. The van der Waals surface area contributed by atoms with Crippen LogP contribution in [0.15, 0.2) is 18.2 Å². The number of aromatic nitrogens is 4. The molecular formula is C10H12FN5. The monoisotopic (exact) mass is 221 g/mol. The molecule has 0 atom stereocenters. The molecule has 0 saturated heterocycles. The van der Waals surface area contributed by atoms with Crippen molar-refractivity contribution >= 4 is 5.69 Å². The second kappa shape index (κ2) is 4.26. The van der Waals surface area contributed by atoms with Crippen molar-refractivity contribution in [1.82, 2.24) is 20.2 Å². The van der Waals surface area contributed by atoms with Crippen molar-refractivity contribution < 1.29 is 4.39 Å². The van der Waals surface area contributed by atoms with Gasteiger partial charge in [0.15, 0.2) is 5.82 Å². The van der Waals surface area contributed by atoms with Gasteiger partial charge in [-0.15, -0.1) is 5.10 Å². The lowest BCUT2D eigenvalue weighted by molar-refractivity contribution is 0.583. The van der Waals surface area contributed by atoms with Gasteiger partial charge in [0.05, 0.1) is 0 Å². The molecule has 2 aromatic rings. The lowest BCUT2D eigenvalue weighted by Gasteiger charge is -2.05. The van der Waals surface area contributed by atoms with Gasteiger partial charge >= 0.3 is 0 Å². The van der Waals surface area contributed by atoms with Crippen LogP contribution in [0.5, 0.6) is 0 Å². The predicted octanol–water partition coefficient (Wildman–Crippen LogP) is 1.47. The molecule has 1 aromatic carbocycles. The smallest absolute Gasteiger partial charge is 0.184 e. The Morgan fingerprint density at radius 1 is 1.44 bits per heavy atom. The van der Waals surface area contributed by atoms with Gasteiger partial charge in [-0.2, -0.15) is 0 Å². The van der Waals surface area contributed by atoms with Crippen LogP contribution in [0.4, 0.5) is 10.1 Å². The van der Waals surface area contributed by atoms with Gasteiger partial charge in [0.25, 0.3) is 0 Å². The van der Waals surface area contributed by atoms with Crippen LogP contribution < -0.4 is 5.73 Å². The molecule has 0 aliphatic rings. The van der Waals surface area contributed by atoms with Gasteiger partial charge in [0.1, 0.15) is 5.82 Å². The summed E-state index contributed by atoms with van der Waals surface area (Å²) in [6.45, 7) is 2.73. The van der Waals surface area contributed by atoms with Crippen molar-refractivity contribution in [3.8, 4) is 11.4 Å². The van der Waals surface area contributed by atoms with Crippen LogP contribution in [0.1, 0.15) is 13.3 Å². The Morgan fingerprint density at radius 2 is 2.25 bits per heavy atom. The summed E-state index contributed by atoms with van der Waals surface area (Å²) in [5.74, 6) is 0.204. The molecule has 0 radical (unpaired) electrons. The number of hydrogen-bond acceptors (Lipinski definition) is 4. The number of anilines is 1. The highest BCUT2D eigenvalue weighted by molar-refractivity contribution is 5.71. The van der Waals surface area contributed by atoms with E-state index in [1.807, 2.05) is 6.92 Å². The Morgan fingerprint density at radius 3 is 2.94 bits per heavy atom. The molecule has 0 saturated carbocycles. The van der Waals surface area contributed by atoms with E-state index in [-0.39, 0.29) is 5.82 Å². The fraction of sp³-hybridized carbons (Fsp3) is 0.300. The Bertz CT molecular complexity index is 494. The third kappa shape index (κ3) is 1.86. The molecule has 0 aliphatic carbocycles. The van der Waals surface area contributed by atoms with E-state index in [4.69, 9.17) is 5.73 Å². The van der Waals surface area contributed by atoms with Crippen molar-refractivity contribution in [3.05, 3.63) is 24.0 Å². The summed E-state index contributed by atoms with van der Waals surface area (Å²) in [6, 6.07) is 4.19. The Labute approximate surface area is 92.1 Å². The van der Waals surface area contributed by atoms with Gasteiger partial charge in [0.2, 0.25) is 0 Å². The second-order valence-electron chi connectivity index (χ2n) is 3.46. The first-order valence-electron chi connectivity index (χ1n) is 5.04. The fourth-order valence-corrected chi connectivity index (χ4v) is 1.50. The van der Waals surface area contributed by atoms with Gasteiger partial charge in [-0.3, -0.25) is 0 Å². The van der Waals surface area contributed by atoms with Crippen LogP contribution in [0.3, 0.4) is 0 Å². The van der Waals surface area contributed by atoms with Crippen LogP contribution in [-0.2, 0) is 6.54 Å². The largest absolute Gasteiger partial charge is 0.398 e. The molecule has 0 fully saturated rings. The zero-order valence-electron chi connectivity index (χ0n) is 8.89. The molecule has 0 spiro atoms. The van der Waals surface area contributed by atoms with Crippen molar-refractivity contribution in [3.63, 3.8) is 0 Å². The fourth-order valence-electron chi connectivity index (χ4n) is 1.50. The van der Waals surface area contributed by atoms with Gasteiger partial charge < -0.3 is 5.73 Å². The first-order chi connectivity index (χ1) is 7.72. The number of aryl methyl sites for hydroxylation is 1. The molecule has 5 nitrogen and oxygen atoms in total. The van der Waals surface area contributed by atoms with Gasteiger partial charge in [-0.05, 0) is 35.0 Å². The maximum Gasteiger partial charge on any atom is 0.184 e. The summed E-state index contributed by atoms with van der Waals surface area (Å²) < 4.78 is 14.6. The summed E-state index contributed by atoms with van der Waals surface area (Å²) >= 11 is 0. The zero-order chi connectivity index (χ0) is 11.5. The lowest BCUT2D eigenvalue weighted by Crippen LogP contribution is -2.03. The van der Waals surface area contributed by atoms with E-state index in [9.17, 15) is 4.39 Å². The van der Waals surface area contributed by atoms with Gasteiger partial charge in [0, 0.05) is 17.8 Å². The van der Waals surface area contributed by atoms with E-state index in [1.165, 1.54) is 12.1 Å². The third-order valence-corrected chi connectivity index (χ3v) is 2.22. The molecule has 0 aliphatic heterocycles. The molecule has 2 N–H and O–H groups in total. The van der Waals surface area contributed by atoms with E-state index in [2.05, 4.69) is 15.5 Å². The Balaban J connectivity index is 2.46. The van der Waals surface area contributed by atoms with E-state index < -0.39 is 0 Å². The quantitative estimate of drug-likeness (QED) is 0.797. The topological polar surface area (TPSA) is 69.6 Å². The number of tetrazole rings is 1. The summed E-state index contributed by atoms with van der Waals surface area (Å²) in [5.41, 5.74) is 6.72. The molecule has 0 unspecified atom stereocenters. The van der Waals surface area contributed by atoms with E-state index >= 15 is 0 Å². The van der Waals surface area contributed by atoms with Crippen LogP contribution in [0, 0.1) is 5.82 Å². The Kier molecular flexibility index (Phi) is 2.80. The first kappa shape index (κ1) is 10.5. The first-order valence-corrected chi connectivity index (χ1v) is 5.04. The van der Waals surface area contributed by atoms with E-state index in [0.717, 1.165) is 6.42 Å². The second-order valence-corrected chi connectivity index (χ2v) is 3.46. The van der Waals surface area contributed by atoms with Crippen molar-refractivity contribution in [2.75, 3.05) is 5.73 Å². The van der Waals surface area contributed by atoms with Crippen LogP contribution >= 0.6 is 0 Å². The summed E-state index contributed by atoms with van der Waals surface area (Å²) in [4.78, 5) is 0. The number of benzene rings is 1. The average molecular weight is 221 g/mol. The molecule has 1 aromatic heterocycles. The lowest BCUT2D eigenvalue weighted by atomic mass is 10.1. The molecule has 0 bridgehead atoms. The minimum absolute atomic E-state index is 0.340. The highest BCUT2D eigenvalue weighted by Gasteiger charge is 2.11. The number of nitrogen functional groups attached to an aromatic ring is 1. The average Bonchev–Trinajstić information content (AvgIpc) is 2.67. The molecule has 6 heteroatoms. The SMILES string of the molecule is CCCn1nnnc1-c1ccc(F)cc1N. The van der Waals surface area contributed by atoms with Gasteiger partial charge in [-0.25, -0.2) is 9.07 Å². The predicted molar refractivity (Wildman–Crippen MR) is 57.9 cm³/mol. The number of hydrogen-bond donors (Lipinski definition) is 1. The van der Waals surface area contributed by atoms with Crippen LogP contribution in [0.25, 0.3) is 11.4 Å². The summed E-state index contributed by atoms with van der Waals surface area (Å²) in [7, 11) is 0. The zero-order valence-corrected chi connectivity index (χ0v) is 8.89. The van der Waals surface area contributed by atoms with Crippen molar-refractivity contribution in [2.24, 2.45) is 0 Å². The van der Waals surface area contributed by atoms with Crippen molar-refractivity contribution in [1.29, 1.82) is 0 Å².